The number of amides is 2. The predicted molar refractivity (Wildman–Crippen MR) is 135 cm³/mol. The zero-order valence-electron chi connectivity index (χ0n) is 21.0. The monoisotopic (exact) mass is 493 g/mol. The molecular formula is C27H32FN5O3. The molecule has 1 saturated heterocycles. The third-order valence-electron chi connectivity index (χ3n) is 7.80. The minimum atomic E-state index is -0.513. The fourth-order valence-corrected chi connectivity index (χ4v) is 5.41. The predicted octanol–water partition coefficient (Wildman–Crippen LogP) is 3.87. The van der Waals surface area contributed by atoms with Crippen LogP contribution in [0.15, 0.2) is 35.1 Å². The summed E-state index contributed by atoms with van der Waals surface area (Å²) < 4.78 is 14.4. The molecule has 3 aromatic rings. The van der Waals surface area contributed by atoms with E-state index < -0.39 is 24.0 Å². The number of carbonyl (C=O) groups excluding carboxylic acids is 2. The summed E-state index contributed by atoms with van der Waals surface area (Å²) >= 11 is 0. The highest BCUT2D eigenvalue weighted by Crippen LogP contribution is 2.34. The highest BCUT2D eigenvalue weighted by molar-refractivity contribution is 6.10. The molecule has 0 spiro atoms. The largest absolute Gasteiger partial charge is 0.343 e. The summed E-state index contributed by atoms with van der Waals surface area (Å²) in [6, 6.07) is 9.22. The fraction of sp³-hybridized carbons (Fsp3) is 0.481. The van der Waals surface area contributed by atoms with Gasteiger partial charge in [-0.2, -0.15) is 0 Å². The van der Waals surface area contributed by atoms with Crippen molar-refractivity contribution in [1.82, 2.24) is 24.4 Å². The zero-order chi connectivity index (χ0) is 25.6. The number of fused-ring (bicyclic) bond motifs is 1. The zero-order valence-corrected chi connectivity index (χ0v) is 21.0. The average Bonchev–Trinajstić information content (AvgIpc) is 3.28. The molecule has 8 nitrogen and oxygen atoms in total. The molecule has 1 aliphatic carbocycles. The quantitative estimate of drug-likeness (QED) is 0.584. The number of likely N-dealkylation sites (tertiary alicyclic amines) is 1. The Balaban J connectivity index is 1.58. The molecule has 2 aliphatic rings. The highest BCUT2D eigenvalue weighted by atomic mass is 19.1. The Morgan fingerprint density at radius 2 is 1.83 bits per heavy atom. The Kier molecular flexibility index (Phi) is 6.40. The van der Waals surface area contributed by atoms with Gasteiger partial charge in [-0.15, -0.1) is 0 Å². The summed E-state index contributed by atoms with van der Waals surface area (Å²) in [5.74, 6) is -0.556. The molecular weight excluding hydrogens is 461 g/mol. The number of hydrogen-bond acceptors (Lipinski definition) is 4. The summed E-state index contributed by atoms with van der Waals surface area (Å²) in [5, 5.41) is 2.80. The lowest BCUT2D eigenvalue weighted by molar-refractivity contribution is 0.0139. The van der Waals surface area contributed by atoms with Crippen LogP contribution in [0, 0.1) is 5.92 Å². The number of halogens is 1. The number of aromatic nitrogens is 3. The maximum absolute atomic E-state index is 13.6. The summed E-state index contributed by atoms with van der Waals surface area (Å²) in [4.78, 5) is 47.1. The van der Waals surface area contributed by atoms with Crippen LogP contribution in [0.3, 0.4) is 0 Å². The van der Waals surface area contributed by atoms with Crippen LogP contribution in [-0.2, 0) is 0 Å². The number of nitrogens with one attached hydrogen (secondary N) is 1. The van der Waals surface area contributed by atoms with Crippen LogP contribution in [0.2, 0.25) is 0 Å². The number of benzene rings is 1. The number of nitrogens with zero attached hydrogens (tertiary/aromatic N) is 4. The van der Waals surface area contributed by atoms with Crippen molar-refractivity contribution in [1.29, 1.82) is 0 Å². The van der Waals surface area contributed by atoms with Crippen molar-refractivity contribution >= 4 is 17.5 Å². The lowest BCUT2D eigenvalue weighted by Gasteiger charge is -2.45. The van der Waals surface area contributed by atoms with E-state index in [1.54, 1.807) is 21.0 Å². The molecule has 0 radical (unpaired) electrons. The van der Waals surface area contributed by atoms with E-state index in [1.807, 2.05) is 12.1 Å². The Bertz CT molecular complexity index is 1350. The van der Waals surface area contributed by atoms with Crippen molar-refractivity contribution in [3.05, 3.63) is 57.5 Å². The summed E-state index contributed by atoms with van der Waals surface area (Å²) in [5.41, 5.74) is 2.21. The topological polar surface area (TPSA) is 90.8 Å². The molecule has 3 heterocycles. The maximum Gasteiger partial charge on any atom is 0.273 e. The van der Waals surface area contributed by atoms with E-state index in [-0.39, 0.29) is 35.4 Å². The number of carbonyl (C=O) groups is 2. The maximum atomic E-state index is 13.6. The van der Waals surface area contributed by atoms with Crippen molar-refractivity contribution in [3.8, 4) is 11.3 Å². The molecule has 1 saturated carbocycles. The molecule has 5 rings (SSSR count). The van der Waals surface area contributed by atoms with Gasteiger partial charge in [0.05, 0.1) is 12.4 Å². The van der Waals surface area contributed by atoms with Crippen LogP contribution >= 0.6 is 0 Å². The summed E-state index contributed by atoms with van der Waals surface area (Å²) in [6.45, 7) is 1.53. The van der Waals surface area contributed by atoms with Gasteiger partial charge in [-0.05, 0) is 31.2 Å². The SMILES string of the molecule is C[C@@H]1[C@H](CF)CN1C(=O)c1c(C(=O)N(C)C)[nH]n2c(=O)cc(-c3ccc(C4CCCCC4)cc3)nc12. The third-order valence-corrected chi connectivity index (χ3v) is 7.80. The Morgan fingerprint density at radius 1 is 1.14 bits per heavy atom. The van der Waals surface area contributed by atoms with E-state index in [9.17, 15) is 18.8 Å². The molecule has 0 unspecified atom stereocenters. The van der Waals surface area contributed by atoms with Crippen LogP contribution in [0.5, 0.6) is 0 Å². The van der Waals surface area contributed by atoms with Gasteiger partial charge in [0, 0.05) is 44.2 Å². The van der Waals surface area contributed by atoms with E-state index in [2.05, 4.69) is 22.2 Å². The fourth-order valence-electron chi connectivity index (χ4n) is 5.41. The second-order valence-corrected chi connectivity index (χ2v) is 10.3. The number of hydrogen-bond donors (Lipinski definition) is 1. The molecule has 2 fully saturated rings. The number of alkyl halides is 1. The van der Waals surface area contributed by atoms with Gasteiger partial charge in [-0.1, -0.05) is 43.5 Å². The molecule has 9 heteroatoms. The first-order valence-electron chi connectivity index (χ1n) is 12.6. The van der Waals surface area contributed by atoms with Crippen LogP contribution in [-0.4, -0.2) is 69.6 Å². The lowest BCUT2D eigenvalue weighted by Crippen LogP contribution is -2.58. The first kappa shape index (κ1) is 24.2. The molecule has 1 aromatic carbocycles. The smallest absolute Gasteiger partial charge is 0.273 e. The van der Waals surface area contributed by atoms with Gasteiger partial charge in [-0.25, -0.2) is 9.50 Å². The van der Waals surface area contributed by atoms with E-state index in [1.165, 1.54) is 53.5 Å². The second-order valence-electron chi connectivity index (χ2n) is 10.3. The van der Waals surface area contributed by atoms with Gasteiger partial charge >= 0.3 is 0 Å². The first-order chi connectivity index (χ1) is 17.3. The van der Waals surface area contributed by atoms with Crippen molar-refractivity contribution in [2.75, 3.05) is 27.3 Å². The average molecular weight is 494 g/mol. The van der Waals surface area contributed by atoms with E-state index >= 15 is 0 Å². The van der Waals surface area contributed by atoms with E-state index in [0.29, 0.717) is 11.6 Å². The lowest BCUT2D eigenvalue weighted by atomic mass is 9.84. The summed E-state index contributed by atoms with van der Waals surface area (Å²) in [6.07, 6.45) is 6.19. The van der Waals surface area contributed by atoms with Gasteiger partial charge in [0.2, 0.25) is 0 Å². The molecule has 1 aliphatic heterocycles. The second kappa shape index (κ2) is 9.52. The van der Waals surface area contributed by atoms with E-state index in [4.69, 9.17) is 0 Å². The molecule has 0 bridgehead atoms. The Morgan fingerprint density at radius 3 is 2.44 bits per heavy atom. The Hall–Kier alpha value is -3.49. The highest BCUT2D eigenvalue weighted by Gasteiger charge is 2.41. The minimum absolute atomic E-state index is 0.00436. The third kappa shape index (κ3) is 4.10. The summed E-state index contributed by atoms with van der Waals surface area (Å²) in [7, 11) is 3.14. The van der Waals surface area contributed by atoms with Crippen LogP contribution < -0.4 is 5.56 Å². The van der Waals surface area contributed by atoms with Gasteiger partial charge in [0.25, 0.3) is 17.4 Å². The van der Waals surface area contributed by atoms with Crippen LogP contribution in [0.1, 0.15) is 71.4 Å². The number of rotatable bonds is 5. The van der Waals surface area contributed by atoms with Gasteiger partial charge in [0.1, 0.15) is 11.3 Å². The van der Waals surface area contributed by atoms with Crippen molar-refractivity contribution in [3.63, 3.8) is 0 Å². The molecule has 2 atom stereocenters. The van der Waals surface area contributed by atoms with Gasteiger partial charge in [-0.3, -0.25) is 23.9 Å². The molecule has 190 valence electrons. The van der Waals surface area contributed by atoms with Gasteiger partial charge in [0.15, 0.2) is 5.65 Å². The minimum Gasteiger partial charge on any atom is -0.343 e. The molecule has 36 heavy (non-hydrogen) atoms. The normalized spacial score (nSPS) is 20.4. The molecule has 1 N–H and O–H groups in total. The van der Waals surface area contributed by atoms with Gasteiger partial charge < -0.3 is 9.80 Å². The number of H-pyrrole nitrogens is 1. The first-order valence-corrected chi connectivity index (χ1v) is 12.6. The molecule has 2 aromatic heterocycles. The van der Waals surface area contributed by atoms with Crippen molar-refractivity contribution in [2.24, 2.45) is 5.92 Å². The number of aromatic amines is 1. The molecule has 2 amide bonds. The standard InChI is InChI=1S/C27H32FN5O3/c1-16-20(14-28)15-32(16)26(35)23-24(27(36)31(2)3)30-33-22(34)13-21(29-25(23)33)19-11-9-18(10-12-19)17-7-5-4-6-8-17/h9-13,16-17,20,30H,4-8,14-15H2,1-3H3/t16-,20-/m1/s1. The Labute approximate surface area is 209 Å². The van der Waals surface area contributed by atoms with Crippen molar-refractivity contribution < 1.29 is 14.0 Å². The van der Waals surface area contributed by atoms with Crippen LogP contribution in [0.4, 0.5) is 4.39 Å². The van der Waals surface area contributed by atoms with Crippen molar-refractivity contribution in [2.45, 2.75) is 51.0 Å². The van der Waals surface area contributed by atoms with E-state index in [0.717, 1.165) is 10.1 Å². The van der Waals surface area contributed by atoms with Crippen LogP contribution in [0.25, 0.3) is 16.9 Å².